The van der Waals surface area contributed by atoms with Crippen molar-refractivity contribution in [2.45, 2.75) is 18.6 Å². The number of nitrogens with one attached hydrogen (secondary N) is 2. The number of fused-ring (bicyclic) bond motifs is 1. The van der Waals surface area contributed by atoms with Crippen molar-refractivity contribution in [1.29, 1.82) is 0 Å². The molecule has 2 atom stereocenters. The average Bonchev–Trinajstić information content (AvgIpc) is 3.14. The van der Waals surface area contributed by atoms with Crippen LogP contribution in [-0.4, -0.2) is 30.2 Å². The molecule has 26 heavy (non-hydrogen) atoms. The van der Waals surface area contributed by atoms with E-state index in [4.69, 9.17) is 21.1 Å². The number of ether oxygens (including phenoxy) is 2. The van der Waals surface area contributed by atoms with E-state index in [9.17, 15) is 4.79 Å². The lowest BCUT2D eigenvalue weighted by Crippen LogP contribution is -2.50. The van der Waals surface area contributed by atoms with E-state index in [0.29, 0.717) is 6.54 Å². The number of rotatable bonds is 4. The predicted molar refractivity (Wildman–Crippen MR) is 103 cm³/mol. The zero-order chi connectivity index (χ0) is 17.9. The molecule has 1 saturated heterocycles. The van der Waals surface area contributed by atoms with Gasteiger partial charge in [0.1, 0.15) is 0 Å². The summed E-state index contributed by atoms with van der Waals surface area (Å²) < 4.78 is 10.7. The molecule has 2 aromatic rings. The standard InChI is InChI=1S/C19H19ClN2O3S/c20-14-4-2-13(3-5-14)15-9-26-10-16(22-15)19(23)21-8-12-1-6-17-18(7-12)25-11-24-17/h1-7,15-16,22H,8-11H2,(H,21,23)/t15?,16-/m0/s1. The first kappa shape index (κ1) is 17.5. The predicted octanol–water partition coefficient (Wildman–Crippen LogP) is 3.13. The molecule has 2 aliphatic heterocycles. The van der Waals surface area contributed by atoms with Crippen LogP contribution in [0.2, 0.25) is 5.02 Å². The number of halogens is 1. The van der Waals surface area contributed by atoms with Gasteiger partial charge in [0.15, 0.2) is 11.5 Å². The Hall–Kier alpha value is -1.89. The molecule has 0 radical (unpaired) electrons. The highest BCUT2D eigenvalue weighted by molar-refractivity contribution is 7.99. The molecule has 5 nitrogen and oxygen atoms in total. The summed E-state index contributed by atoms with van der Waals surface area (Å²) in [6, 6.07) is 13.4. The molecule has 0 spiro atoms. The molecule has 1 unspecified atom stereocenters. The van der Waals surface area contributed by atoms with Gasteiger partial charge in [-0.3, -0.25) is 10.1 Å². The SMILES string of the molecule is O=C(NCc1ccc2c(c1)OCO2)[C@@H]1CSCC(c2ccc(Cl)cc2)N1. The summed E-state index contributed by atoms with van der Waals surface area (Å²) in [5.41, 5.74) is 2.13. The van der Waals surface area contributed by atoms with Gasteiger partial charge in [-0.2, -0.15) is 11.8 Å². The second-order valence-corrected chi connectivity index (χ2v) is 7.78. The van der Waals surface area contributed by atoms with Crippen molar-refractivity contribution in [3.63, 3.8) is 0 Å². The fourth-order valence-corrected chi connectivity index (χ4v) is 4.31. The summed E-state index contributed by atoms with van der Waals surface area (Å²) in [7, 11) is 0. The summed E-state index contributed by atoms with van der Waals surface area (Å²) in [6.45, 7) is 0.713. The van der Waals surface area contributed by atoms with Crippen molar-refractivity contribution < 1.29 is 14.3 Å². The van der Waals surface area contributed by atoms with E-state index in [-0.39, 0.29) is 24.8 Å². The first-order valence-corrected chi connectivity index (χ1v) is 9.98. The Morgan fingerprint density at radius 1 is 1.15 bits per heavy atom. The Morgan fingerprint density at radius 2 is 1.96 bits per heavy atom. The van der Waals surface area contributed by atoms with Crippen LogP contribution in [0, 0.1) is 0 Å². The average molecular weight is 391 g/mol. The normalized spacial score (nSPS) is 21.4. The molecule has 1 fully saturated rings. The van der Waals surface area contributed by atoms with Crippen molar-refractivity contribution in [1.82, 2.24) is 10.6 Å². The first-order chi connectivity index (χ1) is 12.7. The minimum absolute atomic E-state index is 0.00818. The molecule has 1 amide bonds. The Labute approximate surface area is 161 Å². The van der Waals surface area contributed by atoms with Crippen molar-refractivity contribution >= 4 is 29.3 Å². The number of amides is 1. The maximum Gasteiger partial charge on any atom is 0.238 e. The quantitative estimate of drug-likeness (QED) is 0.839. The molecule has 0 aliphatic carbocycles. The number of hydrogen-bond donors (Lipinski definition) is 2. The van der Waals surface area contributed by atoms with E-state index >= 15 is 0 Å². The second kappa shape index (κ2) is 7.78. The van der Waals surface area contributed by atoms with Gasteiger partial charge in [-0.25, -0.2) is 0 Å². The molecule has 0 aromatic heterocycles. The largest absolute Gasteiger partial charge is 0.454 e. The molecule has 2 aliphatic rings. The third kappa shape index (κ3) is 3.92. The summed E-state index contributed by atoms with van der Waals surface area (Å²) >= 11 is 7.74. The van der Waals surface area contributed by atoms with Gasteiger partial charge in [-0.1, -0.05) is 29.8 Å². The van der Waals surface area contributed by atoms with Gasteiger partial charge in [0, 0.05) is 29.1 Å². The topological polar surface area (TPSA) is 59.6 Å². The van der Waals surface area contributed by atoms with Crippen LogP contribution in [0.15, 0.2) is 42.5 Å². The van der Waals surface area contributed by atoms with Gasteiger partial charge in [-0.15, -0.1) is 0 Å². The monoisotopic (exact) mass is 390 g/mol. The highest BCUT2D eigenvalue weighted by Crippen LogP contribution is 2.32. The Morgan fingerprint density at radius 3 is 2.81 bits per heavy atom. The molecule has 2 N–H and O–H groups in total. The van der Waals surface area contributed by atoms with Crippen LogP contribution in [0.3, 0.4) is 0 Å². The number of thioether (sulfide) groups is 1. The molecule has 0 bridgehead atoms. The Kier molecular flexibility index (Phi) is 5.24. The highest BCUT2D eigenvalue weighted by atomic mass is 35.5. The van der Waals surface area contributed by atoms with Crippen LogP contribution in [0.4, 0.5) is 0 Å². The zero-order valence-electron chi connectivity index (χ0n) is 14.0. The van der Waals surface area contributed by atoms with E-state index in [2.05, 4.69) is 10.6 Å². The van der Waals surface area contributed by atoms with Gasteiger partial charge in [0.2, 0.25) is 12.7 Å². The molecule has 136 valence electrons. The lowest BCUT2D eigenvalue weighted by molar-refractivity contribution is -0.123. The molecule has 2 aromatic carbocycles. The van der Waals surface area contributed by atoms with Crippen molar-refractivity contribution in [3.05, 3.63) is 58.6 Å². The Balaban J connectivity index is 1.34. The summed E-state index contributed by atoms with van der Waals surface area (Å²) in [5.74, 6) is 3.18. The van der Waals surface area contributed by atoms with Crippen molar-refractivity contribution in [2.75, 3.05) is 18.3 Å². The Bertz CT molecular complexity index is 800. The van der Waals surface area contributed by atoms with Crippen LogP contribution >= 0.6 is 23.4 Å². The third-order valence-electron chi connectivity index (χ3n) is 4.46. The first-order valence-electron chi connectivity index (χ1n) is 8.44. The van der Waals surface area contributed by atoms with E-state index < -0.39 is 0 Å². The van der Waals surface area contributed by atoms with E-state index in [1.54, 1.807) is 11.8 Å². The highest BCUT2D eigenvalue weighted by Gasteiger charge is 2.27. The van der Waals surface area contributed by atoms with Crippen LogP contribution in [0.25, 0.3) is 0 Å². The van der Waals surface area contributed by atoms with Crippen LogP contribution in [0.1, 0.15) is 17.2 Å². The maximum atomic E-state index is 12.6. The van der Waals surface area contributed by atoms with Gasteiger partial charge in [0.25, 0.3) is 0 Å². The fraction of sp³-hybridized carbons (Fsp3) is 0.316. The van der Waals surface area contributed by atoms with Gasteiger partial charge in [-0.05, 0) is 35.4 Å². The molecule has 2 heterocycles. The molecular weight excluding hydrogens is 372 g/mol. The summed E-state index contributed by atoms with van der Waals surface area (Å²) in [6.07, 6.45) is 0. The minimum Gasteiger partial charge on any atom is -0.454 e. The number of benzene rings is 2. The summed E-state index contributed by atoms with van der Waals surface area (Å²) in [5, 5.41) is 7.17. The van der Waals surface area contributed by atoms with Gasteiger partial charge >= 0.3 is 0 Å². The number of hydrogen-bond acceptors (Lipinski definition) is 5. The lowest BCUT2D eigenvalue weighted by Gasteiger charge is -2.30. The molecule has 7 heteroatoms. The molecule has 0 saturated carbocycles. The lowest BCUT2D eigenvalue weighted by atomic mass is 10.1. The number of carbonyl (C=O) groups is 1. The van der Waals surface area contributed by atoms with Gasteiger partial charge in [0.05, 0.1) is 6.04 Å². The smallest absolute Gasteiger partial charge is 0.238 e. The number of carbonyl (C=O) groups excluding carboxylic acids is 1. The van der Waals surface area contributed by atoms with Crippen LogP contribution in [0.5, 0.6) is 11.5 Å². The van der Waals surface area contributed by atoms with E-state index in [1.165, 1.54) is 0 Å². The molecular formula is C19H19ClN2O3S. The molecule has 4 rings (SSSR count). The van der Waals surface area contributed by atoms with Crippen molar-refractivity contribution in [3.8, 4) is 11.5 Å². The fourth-order valence-electron chi connectivity index (χ4n) is 3.05. The minimum atomic E-state index is -0.219. The van der Waals surface area contributed by atoms with Crippen LogP contribution < -0.4 is 20.1 Å². The van der Waals surface area contributed by atoms with Crippen LogP contribution in [-0.2, 0) is 11.3 Å². The van der Waals surface area contributed by atoms with E-state index in [1.807, 2.05) is 42.5 Å². The zero-order valence-corrected chi connectivity index (χ0v) is 15.6. The van der Waals surface area contributed by atoms with Gasteiger partial charge < -0.3 is 14.8 Å². The second-order valence-electron chi connectivity index (χ2n) is 6.27. The maximum absolute atomic E-state index is 12.6. The van der Waals surface area contributed by atoms with Crippen molar-refractivity contribution in [2.24, 2.45) is 0 Å². The third-order valence-corrected chi connectivity index (χ3v) is 5.85. The van der Waals surface area contributed by atoms with E-state index in [0.717, 1.165) is 39.2 Å². The summed E-state index contributed by atoms with van der Waals surface area (Å²) in [4.78, 5) is 12.6.